The van der Waals surface area contributed by atoms with E-state index in [9.17, 15) is 0 Å². The Bertz CT molecular complexity index is 1960. The molecule has 0 radical (unpaired) electrons. The Kier molecular flexibility index (Phi) is 6.29. The number of hydrogen-bond donors (Lipinski definition) is 0. The minimum absolute atomic E-state index is 0.00736. The van der Waals surface area contributed by atoms with Crippen LogP contribution in [0.15, 0.2) is 91.0 Å². The zero-order chi connectivity index (χ0) is 31.1. The van der Waals surface area contributed by atoms with Crippen molar-refractivity contribution in [3.63, 3.8) is 0 Å². The normalized spacial score (nSPS) is 18.5. The minimum Gasteiger partial charge on any atom is -0.408 e. The summed E-state index contributed by atoms with van der Waals surface area (Å²) in [5, 5.41) is 2.46. The number of aryl methyl sites for hydroxylation is 2. The number of hydrogen-bond acceptors (Lipinski definition) is 3. The van der Waals surface area contributed by atoms with E-state index in [1.54, 1.807) is 0 Å². The van der Waals surface area contributed by atoms with Crippen molar-refractivity contribution in [3.8, 4) is 17.2 Å². The van der Waals surface area contributed by atoms with Crippen molar-refractivity contribution in [1.29, 1.82) is 0 Å². The lowest BCUT2D eigenvalue weighted by Crippen LogP contribution is -2.28. The van der Waals surface area contributed by atoms with Gasteiger partial charge in [-0.3, -0.25) is 0 Å². The third-order valence-corrected chi connectivity index (χ3v) is 11.1. The standard InChI is InChI=1S/C41H39O3P/c1-26-19-32-37-35(21-26)43-45(44-36-22-27(2)20-33-38(36)41(37,24-39(32,3)4)25-40(33,5)6)42-34-14-10-9-12-30(34)18-16-28-15-17-29-11-7-8-13-31(29)23-28/h7-23H,24-25H2,1-6H3/b18-16+. The fourth-order valence-electron chi connectivity index (χ4n) is 8.44. The van der Waals surface area contributed by atoms with Crippen LogP contribution in [0.25, 0.3) is 22.9 Å². The summed E-state index contributed by atoms with van der Waals surface area (Å²) in [6.07, 6.45) is 6.32. The predicted molar refractivity (Wildman–Crippen MR) is 187 cm³/mol. The summed E-state index contributed by atoms with van der Waals surface area (Å²) in [5.74, 6) is 2.54. The van der Waals surface area contributed by atoms with E-state index in [0.29, 0.717) is 0 Å². The predicted octanol–water partition coefficient (Wildman–Crippen LogP) is 11.4. The lowest BCUT2D eigenvalue weighted by molar-refractivity contribution is 0.327. The third-order valence-electron chi connectivity index (χ3n) is 10.1. The highest BCUT2D eigenvalue weighted by Gasteiger charge is 2.60. The summed E-state index contributed by atoms with van der Waals surface area (Å²) in [4.78, 5) is 0. The van der Waals surface area contributed by atoms with Gasteiger partial charge in [-0.15, -0.1) is 0 Å². The summed E-state index contributed by atoms with van der Waals surface area (Å²) < 4.78 is 20.5. The summed E-state index contributed by atoms with van der Waals surface area (Å²) in [6.45, 7) is 13.9. The molecule has 4 heteroatoms. The second-order valence-electron chi connectivity index (χ2n) is 14.5. The van der Waals surface area contributed by atoms with Crippen molar-refractivity contribution in [3.05, 3.63) is 136 Å². The molecular formula is C41H39O3P. The molecule has 0 unspecified atom stereocenters. The van der Waals surface area contributed by atoms with E-state index in [0.717, 1.165) is 41.2 Å². The second kappa shape index (κ2) is 9.96. The zero-order valence-corrected chi connectivity index (χ0v) is 27.8. The Morgan fingerprint density at radius 1 is 0.644 bits per heavy atom. The molecule has 3 nitrogen and oxygen atoms in total. The summed E-state index contributed by atoms with van der Waals surface area (Å²) in [7, 11) is -1.80. The SMILES string of the molecule is Cc1cc2c3c(c1)C(C)(C)CC31CC(C)(C)c3cc(C)cc(c31)OP(Oc1ccccc1/C=C/c1ccc3ccccc3c1)O2. The Morgan fingerprint density at radius 2 is 1.22 bits per heavy atom. The van der Waals surface area contributed by atoms with E-state index < -0.39 is 8.60 Å². The van der Waals surface area contributed by atoms with Gasteiger partial charge in [-0.1, -0.05) is 107 Å². The van der Waals surface area contributed by atoms with Crippen LogP contribution in [0.2, 0.25) is 0 Å². The van der Waals surface area contributed by atoms with E-state index in [1.165, 1.54) is 44.2 Å². The Labute approximate surface area is 267 Å². The molecule has 1 aliphatic heterocycles. The van der Waals surface area contributed by atoms with Crippen molar-refractivity contribution in [2.75, 3.05) is 0 Å². The monoisotopic (exact) mass is 610 g/mol. The van der Waals surface area contributed by atoms with Gasteiger partial charge in [0.1, 0.15) is 17.2 Å². The van der Waals surface area contributed by atoms with E-state index in [2.05, 4.69) is 126 Å². The Morgan fingerprint density at radius 3 is 1.87 bits per heavy atom. The Balaban J connectivity index is 1.22. The molecule has 3 aliphatic rings. The molecule has 226 valence electrons. The van der Waals surface area contributed by atoms with E-state index in [4.69, 9.17) is 13.6 Å². The maximum atomic E-state index is 6.88. The lowest BCUT2D eigenvalue weighted by atomic mass is 9.72. The van der Waals surface area contributed by atoms with Gasteiger partial charge in [-0.05, 0) is 100 Å². The van der Waals surface area contributed by atoms with E-state index in [1.807, 2.05) is 18.2 Å². The summed E-state index contributed by atoms with van der Waals surface area (Å²) in [6, 6.07) is 32.3. The molecule has 2 aliphatic carbocycles. The fraction of sp³-hybridized carbons (Fsp3) is 0.268. The van der Waals surface area contributed by atoms with Crippen molar-refractivity contribution >= 4 is 31.5 Å². The smallest absolute Gasteiger partial charge is 0.408 e. The van der Waals surface area contributed by atoms with Crippen LogP contribution < -0.4 is 13.6 Å². The molecule has 0 aromatic heterocycles. The fourth-order valence-corrected chi connectivity index (χ4v) is 9.49. The largest absolute Gasteiger partial charge is 0.530 e. The summed E-state index contributed by atoms with van der Waals surface area (Å²) >= 11 is 0. The van der Waals surface area contributed by atoms with Crippen molar-refractivity contribution in [2.45, 2.75) is 70.6 Å². The molecule has 0 fully saturated rings. The van der Waals surface area contributed by atoms with Gasteiger partial charge in [0, 0.05) is 22.1 Å². The van der Waals surface area contributed by atoms with Crippen molar-refractivity contribution in [1.82, 2.24) is 0 Å². The maximum absolute atomic E-state index is 6.88. The first-order valence-electron chi connectivity index (χ1n) is 15.9. The molecule has 1 spiro atoms. The number of para-hydroxylation sites is 1. The number of benzene rings is 5. The highest BCUT2D eigenvalue weighted by atomic mass is 31.2. The van der Waals surface area contributed by atoms with Crippen LogP contribution in [0.4, 0.5) is 0 Å². The first kappa shape index (κ1) is 28.4. The average molecular weight is 611 g/mol. The zero-order valence-electron chi connectivity index (χ0n) is 26.9. The van der Waals surface area contributed by atoms with Gasteiger partial charge in [0.05, 0.1) is 0 Å². The van der Waals surface area contributed by atoms with Crippen molar-refractivity contribution in [2.24, 2.45) is 0 Å². The first-order valence-corrected chi connectivity index (χ1v) is 17.0. The van der Waals surface area contributed by atoms with Crippen LogP contribution in [0.3, 0.4) is 0 Å². The quantitative estimate of drug-likeness (QED) is 0.150. The molecule has 0 amide bonds. The summed E-state index contributed by atoms with van der Waals surface area (Å²) in [5.41, 5.74) is 9.81. The van der Waals surface area contributed by atoms with Crippen LogP contribution in [-0.4, -0.2) is 0 Å². The third kappa shape index (κ3) is 4.59. The molecule has 5 aromatic rings. The molecule has 45 heavy (non-hydrogen) atoms. The molecular weight excluding hydrogens is 571 g/mol. The number of rotatable bonds is 4. The highest BCUT2D eigenvalue weighted by molar-refractivity contribution is 7.43. The molecule has 0 saturated heterocycles. The van der Waals surface area contributed by atoms with Gasteiger partial charge < -0.3 is 13.6 Å². The van der Waals surface area contributed by atoms with Crippen molar-refractivity contribution < 1.29 is 13.6 Å². The van der Waals surface area contributed by atoms with Gasteiger partial charge in [-0.25, -0.2) is 0 Å². The average Bonchev–Trinajstić information content (AvgIpc) is 3.34. The van der Waals surface area contributed by atoms with Gasteiger partial charge in [0.25, 0.3) is 0 Å². The molecule has 1 heterocycles. The molecule has 0 bridgehead atoms. The molecule has 0 N–H and O–H groups in total. The minimum atomic E-state index is -1.80. The van der Waals surface area contributed by atoms with Crippen LogP contribution in [-0.2, 0) is 16.2 Å². The molecule has 0 atom stereocenters. The molecule has 5 aromatic carbocycles. The maximum Gasteiger partial charge on any atom is 0.530 e. The topological polar surface area (TPSA) is 27.7 Å². The van der Waals surface area contributed by atoms with Crippen LogP contribution >= 0.6 is 8.60 Å². The van der Waals surface area contributed by atoms with Crippen LogP contribution in [0.5, 0.6) is 17.2 Å². The first-order chi connectivity index (χ1) is 21.5. The van der Waals surface area contributed by atoms with E-state index in [-0.39, 0.29) is 16.2 Å². The van der Waals surface area contributed by atoms with E-state index >= 15 is 0 Å². The van der Waals surface area contributed by atoms with Gasteiger partial charge in [0.2, 0.25) is 0 Å². The van der Waals surface area contributed by atoms with Gasteiger partial charge >= 0.3 is 8.60 Å². The highest BCUT2D eigenvalue weighted by Crippen LogP contribution is 2.68. The van der Waals surface area contributed by atoms with Gasteiger partial charge in [0.15, 0.2) is 0 Å². The van der Waals surface area contributed by atoms with Gasteiger partial charge in [-0.2, -0.15) is 0 Å². The van der Waals surface area contributed by atoms with Crippen LogP contribution in [0.1, 0.15) is 85.0 Å². The lowest BCUT2D eigenvalue weighted by Gasteiger charge is -2.34. The molecule has 8 rings (SSSR count). The molecule has 0 saturated carbocycles. The Hall–Kier alpha value is -4.07. The second-order valence-corrected chi connectivity index (χ2v) is 15.5. The van der Waals surface area contributed by atoms with Crippen LogP contribution in [0, 0.1) is 13.8 Å². The number of fused-ring (bicyclic) bond motifs is 1.